The topological polar surface area (TPSA) is 58.2 Å². The van der Waals surface area contributed by atoms with Gasteiger partial charge < -0.3 is 10.6 Å². The van der Waals surface area contributed by atoms with Crippen LogP contribution in [0.25, 0.3) is 0 Å². The highest BCUT2D eigenvalue weighted by atomic mass is 32.1. The number of carbonyl (C=O) groups excluding carboxylic acids is 2. The maximum Gasteiger partial charge on any atom is 0.226 e. The van der Waals surface area contributed by atoms with Crippen LogP contribution in [0.5, 0.6) is 0 Å². The molecule has 4 aliphatic carbocycles. The largest absolute Gasteiger partial charge is 0.356 e. The Hall–Kier alpha value is -2.14. The molecule has 0 radical (unpaired) electrons. The first-order chi connectivity index (χ1) is 15.1. The maximum absolute atomic E-state index is 13.0. The van der Waals surface area contributed by atoms with E-state index in [4.69, 9.17) is 0 Å². The lowest BCUT2D eigenvalue weighted by molar-refractivity contribution is -0.146. The first kappa shape index (κ1) is 20.7. The molecule has 164 valence electrons. The van der Waals surface area contributed by atoms with E-state index in [0.29, 0.717) is 19.4 Å². The third-order valence-electron chi connectivity index (χ3n) is 7.65. The summed E-state index contributed by atoms with van der Waals surface area (Å²) in [4.78, 5) is 26.9. The van der Waals surface area contributed by atoms with Gasteiger partial charge in [0.25, 0.3) is 0 Å². The molecule has 0 spiro atoms. The summed E-state index contributed by atoms with van der Waals surface area (Å²) >= 11 is 1.66. The van der Waals surface area contributed by atoms with Gasteiger partial charge in [-0.3, -0.25) is 9.59 Å². The van der Waals surface area contributed by atoms with Gasteiger partial charge >= 0.3 is 0 Å². The van der Waals surface area contributed by atoms with E-state index in [0.717, 1.165) is 47.5 Å². The number of thiophene rings is 1. The Bertz CT molecular complexity index is 873. The average Bonchev–Trinajstić information content (AvgIpc) is 3.29. The molecule has 1 heterocycles. The van der Waals surface area contributed by atoms with Crippen molar-refractivity contribution >= 4 is 23.2 Å². The molecule has 4 bridgehead atoms. The summed E-state index contributed by atoms with van der Waals surface area (Å²) in [5.74, 6) is 2.61. The van der Waals surface area contributed by atoms with E-state index in [1.54, 1.807) is 11.3 Å². The fourth-order valence-corrected chi connectivity index (χ4v) is 7.48. The first-order valence-corrected chi connectivity index (χ1v) is 12.7. The molecule has 2 aromatic rings. The lowest BCUT2D eigenvalue weighted by Gasteiger charge is -2.55. The highest BCUT2D eigenvalue weighted by Gasteiger charge is 2.54. The van der Waals surface area contributed by atoms with Gasteiger partial charge in [0.05, 0.1) is 6.04 Å². The quantitative estimate of drug-likeness (QED) is 0.568. The standard InChI is InChI=1S/C26H32N2O2S/c29-23(28-24(22-8-5-11-31-22)21-6-2-1-3-7-21)9-4-10-27-25(30)26-15-18-12-19(16-26)14-20(13-18)17-26/h1-3,5-8,11,18-20,24H,4,9-10,12-17H2,(H,27,30)(H,28,29). The van der Waals surface area contributed by atoms with Crippen molar-refractivity contribution in [1.82, 2.24) is 10.6 Å². The molecular formula is C26H32N2O2S. The van der Waals surface area contributed by atoms with Crippen LogP contribution in [0.1, 0.15) is 67.8 Å². The first-order valence-electron chi connectivity index (χ1n) is 11.8. The number of nitrogens with one attached hydrogen (secondary N) is 2. The van der Waals surface area contributed by atoms with Gasteiger partial charge in [-0.1, -0.05) is 36.4 Å². The van der Waals surface area contributed by atoms with E-state index in [1.807, 2.05) is 29.6 Å². The van der Waals surface area contributed by atoms with Gasteiger partial charge in [0.15, 0.2) is 0 Å². The summed E-state index contributed by atoms with van der Waals surface area (Å²) in [6, 6.07) is 14.1. The Labute approximate surface area is 188 Å². The zero-order valence-electron chi connectivity index (χ0n) is 18.0. The van der Waals surface area contributed by atoms with Crippen molar-refractivity contribution in [2.45, 2.75) is 57.4 Å². The van der Waals surface area contributed by atoms with Gasteiger partial charge in [-0.25, -0.2) is 0 Å². The van der Waals surface area contributed by atoms with Crippen molar-refractivity contribution in [3.63, 3.8) is 0 Å². The Balaban J connectivity index is 1.11. The van der Waals surface area contributed by atoms with Crippen molar-refractivity contribution in [3.05, 3.63) is 58.3 Å². The van der Waals surface area contributed by atoms with E-state index in [-0.39, 0.29) is 23.3 Å². The smallest absolute Gasteiger partial charge is 0.226 e. The Morgan fingerprint density at radius 2 is 1.65 bits per heavy atom. The molecule has 5 heteroatoms. The van der Waals surface area contributed by atoms with E-state index in [9.17, 15) is 9.59 Å². The lowest BCUT2D eigenvalue weighted by atomic mass is 9.49. The van der Waals surface area contributed by atoms with Crippen LogP contribution in [-0.4, -0.2) is 18.4 Å². The van der Waals surface area contributed by atoms with Gasteiger partial charge in [0, 0.05) is 23.3 Å². The molecule has 4 aliphatic rings. The Morgan fingerprint density at radius 3 is 2.26 bits per heavy atom. The maximum atomic E-state index is 13.0. The van der Waals surface area contributed by atoms with Crippen molar-refractivity contribution < 1.29 is 9.59 Å². The fraction of sp³-hybridized carbons (Fsp3) is 0.538. The van der Waals surface area contributed by atoms with Crippen LogP contribution in [0.2, 0.25) is 0 Å². The zero-order chi connectivity index (χ0) is 21.3. The van der Waals surface area contributed by atoms with Crippen LogP contribution in [0.15, 0.2) is 47.8 Å². The third kappa shape index (κ3) is 4.43. The minimum atomic E-state index is -0.115. The van der Waals surface area contributed by atoms with Crippen LogP contribution in [0.3, 0.4) is 0 Å². The number of benzene rings is 1. The molecule has 6 rings (SSSR count). The summed E-state index contributed by atoms with van der Waals surface area (Å²) in [7, 11) is 0. The summed E-state index contributed by atoms with van der Waals surface area (Å²) < 4.78 is 0. The number of amides is 2. The number of rotatable bonds is 8. The van der Waals surface area contributed by atoms with Crippen LogP contribution < -0.4 is 10.6 Å². The minimum Gasteiger partial charge on any atom is -0.356 e. The van der Waals surface area contributed by atoms with Gasteiger partial charge in [-0.2, -0.15) is 0 Å². The van der Waals surface area contributed by atoms with Crippen molar-refractivity contribution in [3.8, 4) is 0 Å². The molecule has 2 amide bonds. The predicted octanol–water partition coefficient (Wildman–Crippen LogP) is 5.07. The molecule has 31 heavy (non-hydrogen) atoms. The second-order valence-electron chi connectivity index (χ2n) is 9.98. The zero-order valence-corrected chi connectivity index (χ0v) is 18.8. The highest BCUT2D eigenvalue weighted by molar-refractivity contribution is 7.10. The van der Waals surface area contributed by atoms with E-state index < -0.39 is 0 Å². The molecule has 1 aromatic heterocycles. The van der Waals surface area contributed by atoms with Gasteiger partial charge in [0.2, 0.25) is 11.8 Å². The lowest BCUT2D eigenvalue weighted by Crippen LogP contribution is -2.53. The number of hydrogen-bond donors (Lipinski definition) is 2. The molecule has 1 unspecified atom stereocenters. The minimum absolute atomic E-state index is 0.0336. The van der Waals surface area contributed by atoms with Crippen molar-refractivity contribution in [2.24, 2.45) is 23.2 Å². The van der Waals surface area contributed by atoms with Crippen molar-refractivity contribution in [2.75, 3.05) is 6.54 Å². The predicted molar refractivity (Wildman–Crippen MR) is 124 cm³/mol. The van der Waals surface area contributed by atoms with Crippen LogP contribution in [0.4, 0.5) is 0 Å². The summed E-state index contributed by atoms with van der Waals surface area (Å²) in [6.45, 7) is 0.586. The molecule has 4 saturated carbocycles. The van der Waals surface area contributed by atoms with E-state index in [1.165, 1.54) is 19.3 Å². The van der Waals surface area contributed by atoms with Crippen molar-refractivity contribution in [1.29, 1.82) is 0 Å². The average molecular weight is 437 g/mol. The molecule has 4 fully saturated rings. The molecule has 0 saturated heterocycles. The molecule has 2 N–H and O–H groups in total. The van der Waals surface area contributed by atoms with Gasteiger partial charge in [0.1, 0.15) is 0 Å². The number of hydrogen-bond acceptors (Lipinski definition) is 3. The van der Waals surface area contributed by atoms with Crippen LogP contribution in [0, 0.1) is 23.2 Å². The molecule has 4 nitrogen and oxygen atoms in total. The SMILES string of the molecule is O=C(CCCNC(=O)C12CC3CC(CC(C3)C1)C2)NC(c1ccccc1)c1cccs1. The van der Waals surface area contributed by atoms with Gasteiger partial charge in [-0.15, -0.1) is 11.3 Å². The van der Waals surface area contributed by atoms with Gasteiger partial charge in [-0.05, 0) is 79.7 Å². The van der Waals surface area contributed by atoms with E-state index >= 15 is 0 Å². The van der Waals surface area contributed by atoms with Crippen LogP contribution in [-0.2, 0) is 9.59 Å². The fourth-order valence-electron chi connectivity index (χ4n) is 6.68. The molecule has 1 atom stereocenters. The van der Waals surface area contributed by atoms with E-state index in [2.05, 4.69) is 28.8 Å². The Morgan fingerprint density at radius 1 is 0.968 bits per heavy atom. The third-order valence-corrected chi connectivity index (χ3v) is 8.59. The van der Waals surface area contributed by atoms with Crippen LogP contribution >= 0.6 is 11.3 Å². The summed E-state index contributed by atoms with van der Waals surface area (Å²) in [5, 5.41) is 8.42. The molecular weight excluding hydrogens is 404 g/mol. The second kappa shape index (κ2) is 8.78. The molecule has 1 aromatic carbocycles. The normalized spacial score (nSPS) is 29.5. The second-order valence-corrected chi connectivity index (χ2v) is 11.0. The summed E-state index contributed by atoms with van der Waals surface area (Å²) in [6.07, 6.45) is 8.41. The monoisotopic (exact) mass is 436 g/mol. The summed E-state index contributed by atoms with van der Waals surface area (Å²) in [5.41, 5.74) is 0.989. The Kier molecular flexibility index (Phi) is 5.87. The number of carbonyl (C=O) groups is 2. The highest BCUT2D eigenvalue weighted by Crippen LogP contribution is 2.60. The molecule has 0 aliphatic heterocycles.